The van der Waals surface area contributed by atoms with Gasteiger partial charge in [0.2, 0.25) is 0 Å². The molecule has 0 unspecified atom stereocenters. The first kappa shape index (κ1) is 24.7. The quantitative estimate of drug-likeness (QED) is 0.199. The second-order valence-corrected chi connectivity index (χ2v) is 7.28. The number of benzene rings is 1. The molecule has 0 radical (unpaired) electrons. The topological polar surface area (TPSA) is 74.8 Å². The fourth-order valence-corrected chi connectivity index (χ4v) is 3.64. The average molecular weight is 502 g/mol. The van der Waals surface area contributed by atoms with Crippen LogP contribution in [-0.2, 0) is 4.74 Å². The maximum Gasteiger partial charge on any atom is 0.251 e. The molecule has 3 N–H and O–H groups in total. The number of halogens is 1. The van der Waals surface area contributed by atoms with Gasteiger partial charge in [-0.05, 0) is 43.2 Å². The highest BCUT2D eigenvalue weighted by atomic mass is 127. The highest BCUT2D eigenvalue weighted by Crippen LogP contribution is 2.40. The minimum absolute atomic E-state index is 0. The summed E-state index contributed by atoms with van der Waals surface area (Å²) in [5.41, 5.74) is 1.03. The summed E-state index contributed by atoms with van der Waals surface area (Å²) < 4.78 is 5.30. The van der Waals surface area contributed by atoms with E-state index in [-0.39, 0.29) is 29.9 Å². The van der Waals surface area contributed by atoms with Crippen LogP contribution in [0.4, 0.5) is 0 Å². The lowest BCUT2D eigenvalue weighted by atomic mass is 9.83. The lowest BCUT2D eigenvalue weighted by Gasteiger charge is -2.30. The number of rotatable bonds is 10. The lowest BCUT2D eigenvalue weighted by Crippen LogP contribution is -2.44. The van der Waals surface area contributed by atoms with Crippen LogP contribution in [0.1, 0.15) is 48.9 Å². The molecule has 0 aromatic heterocycles. The molecule has 1 aromatic carbocycles. The van der Waals surface area contributed by atoms with Gasteiger partial charge in [-0.25, -0.2) is 0 Å². The third-order valence-corrected chi connectivity index (χ3v) is 5.32. The van der Waals surface area contributed by atoms with Crippen molar-refractivity contribution in [1.82, 2.24) is 16.0 Å². The standard InChI is InChI=1S/C21H34N4O2.HI/c1-22-20(25-17-21(13-16-27-2)11-6-7-12-21)24-15-8-14-23-19(26)18-9-4-3-5-10-18;/h3-5,9-10H,6-8,11-17H2,1-2H3,(H,23,26)(H2,22,24,25);1H. The van der Waals surface area contributed by atoms with Crippen molar-refractivity contribution in [2.24, 2.45) is 10.4 Å². The zero-order valence-electron chi connectivity index (χ0n) is 17.1. The second kappa shape index (κ2) is 13.8. The summed E-state index contributed by atoms with van der Waals surface area (Å²) in [6.45, 7) is 3.14. The van der Waals surface area contributed by atoms with Crippen molar-refractivity contribution in [3.8, 4) is 0 Å². The van der Waals surface area contributed by atoms with Crippen LogP contribution >= 0.6 is 24.0 Å². The van der Waals surface area contributed by atoms with Gasteiger partial charge in [-0.15, -0.1) is 24.0 Å². The number of guanidine groups is 1. The smallest absolute Gasteiger partial charge is 0.251 e. The van der Waals surface area contributed by atoms with E-state index in [9.17, 15) is 4.79 Å². The molecule has 1 aromatic rings. The zero-order valence-corrected chi connectivity index (χ0v) is 19.5. The number of nitrogens with one attached hydrogen (secondary N) is 3. The normalized spacial score (nSPS) is 15.6. The number of hydrogen-bond acceptors (Lipinski definition) is 3. The molecule has 6 nitrogen and oxygen atoms in total. The summed E-state index contributed by atoms with van der Waals surface area (Å²) in [6.07, 6.45) is 7.06. The Bertz CT molecular complexity index is 589. The van der Waals surface area contributed by atoms with E-state index in [1.165, 1.54) is 25.7 Å². The molecule has 2 rings (SSSR count). The number of aliphatic imine (C=N–C) groups is 1. The molecule has 0 spiro atoms. The zero-order chi connectivity index (χ0) is 19.4. The van der Waals surface area contributed by atoms with E-state index in [4.69, 9.17) is 4.74 Å². The van der Waals surface area contributed by atoms with Crippen molar-refractivity contribution in [3.05, 3.63) is 35.9 Å². The summed E-state index contributed by atoms with van der Waals surface area (Å²) in [5, 5.41) is 9.76. The average Bonchev–Trinajstić information content (AvgIpc) is 3.18. The molecule has 1 aliphatic carbocycles. The molecule has 0 aliphatic heterocycles. The fraction of sp³-hybridized carbons (Fsp3) is 0.619. The van der Waals surface area contributed by atoms with E-state index < -0.39 is 0 Å². The molecule has 0 heterocycles. The minimum atomic E-state index is -0.0283. The van der Waals surface area contributed by atoms with Crippen molar-refractivity contribution in [2.45, 2.75) is 38.5 Å². The van der Waals surface area contributed by atoms with Crippen LogP contribution in [0.25, 0.3) is 0 Å². The van der Waals surface area contributed by atoms with E-state index in [1.54, 1.807) is 14.2 Å². The van der Waals surface area contributed by atoms with Crippen LogP contribution in [0.3, 0.4) is 0 Å². The summed E-state index contributed by atoms with van der Waals surface area (Å²) in [6, 6.07) is 9.29. The third-order valence-electron chi connectivity index (χ3n) is 5.32. The van der Waals surface area contributed by atoms with E-state index in [2.05, 4.69) is 20.9 Å². The lowest BCUT2D eigenvalue weighted by molar-refractivity contribution is 0.0953. The van der Waals surface area contributed by atoms with Crippen LogP contribution in [0, 0.1) is 5.41 Å². The maximum atomic E-state index is 12.0. The Hall–Kier alpha value is -1.35. The van der Waals surface area contributed by atoms with Crippen molar-refractivity contribution < 1.29 is 9.53 Å². The molecule has 1 saturated carbocycles. The van der Waals surface area contributed by atoms with Crippen molar-refractivity contribution in [1.29, 1.82) is 0 Å². The minimum Gasteiger partial charge on any atom is -0.385 e. The van der Waals surface area contributed by atoms with Crippen molar-refractivity contribution >= 4 is 35.8 Å². The molecule has 28 heavy (non-hydrogen) atoms. The van der Waals surface area contributed by atoms with Gasteiger partial charge < -0.3 is 20.7 Å². The first-order valence-corrected chi connectivity index (χ1v) is 9.96. The Morgan fingerprint density at radius 2 is 1.79 bits per heavy atom. The second-order valence-electron chi connectivity index (χ2n) is 7.28. The molecular weight excluding hydrogens is 467 g/mol. The van der Waals surface area contributed by atoms with Crippen molar-refractivity contribution in [2.75, 3.05) is 40.4 Å². The van der Waals surface area contributed by atoms with E-state index in [0.29, 0.717) is 17.5 Å². The molecule has 0 saturated heterocycles. The monoisotopic (exact) mass is 502 g/mol. The Morgan fingerprint density at radius 3 is 2.43 bits per heavy atom. The summed E-state index contributed by atoms with van der Waals surface area (Å²) in [5.74, 6) is 0.799. The molecule has 0 bridgehead atoms. The predicted octanol–water partition coefficient (Wildman–Crippen LogP) is 3.19. The van der Waals surface area contributed by atoms with Gasteiger partial charge in [0.05, 0.1) is 0 Å². The SMILES string of the molecule is CN=C(NCCCNC(=O)c1ccccc1)NCC1(CCOC)CCCC1.I. The van der Waals surface area contributed by atoms with Crippen molar-refractivity contribution in [3.63, 3.8) is 0 Å². The molecule has 1 aliphatic rings. The predicted molar refractivity (Wildman–Crippen MR) is 126 cm³/mol. The van der Waals surface area contributed by atoms with E-state index in [0.717, 1.165) is 38.5 Å². The molecular formula is C21H35IN4O2. The van der Waals surface area contributed by atoms with E-state index >= 15 is 0 Å². The van der Waals surface area contributed by atoms with Crippen LogP contribution in [0.5, 0.6) is 0 Å². The largest absolute Gasteiger partial charge is 0.385 e. The van der Waals surface area contributed by atoms with Gasteiger partial charge >= 0.3 is 0 Å². The number of nitrogens with zero attached hydrogens (tertiary/aromatic N) is 1. The fourth-order valence-electron chi connectivity index (χ4n) is 3.64. The maximum absolute atomic E-state index is 12.0. The third kappa shape index (κ3) is 8.34. The van der Waals surface area contributed by atoms with Gasteiger partial charge in [0, 0.05) is 46.0 Å². The Labute approximate surface area is 186 Å². The summed E-state index contributed by atoms with van der Waals surface area (Å²) in [7, 11) is 3.57. The van der Waals surface area contributed by atoms with Crippen LogP contribution in [-0.4, -0.2) is 52.3 Å². The molecule has 0 atom stereocenters. The van der Waals surface area contributed by atoms with Gasteiger partial charge in [-0.2, -0.15) is 0 Å². The molecule has 7 heteroatoms. The number of methoxy groups -OCH3 is 1. The highest BCUT2D eigenvalue weighted by molar-refractivity contribution is 14.0. The molecule has 1 fully saturated rings. The summed E-state index contributed by atoms with van der Waals surface area (Å²) in [4.78, 5) is 16.3. The Balaban J connectivity index is 0.00000392. The Kier molecular flexibility index (Phi) is 12.1. The molecule has 1 amide bonds. The number of amides is 1. The van der Waals surface area contributed by atoms with Gasteiger partial charge in [0.25, 0.3) is 5.91 Å². The van der Waals surface area contributed by atoms with E-state index in [1.807, 2.05) is 30.3 Å². The van der Waals surface area contributed by atoms with Crippen LogP contribution in [0.2, 0.25) is 0 Å². The van der Waals surface area contributed by atoms with Gasteiger partial charge in [0.15, 0.2) is 5.96 Å². The van der Waals surface area contributed by atoms with Gasteiger partial charge in [-0.3, -0.25) is 9.79 Å². The first-order valence-electron chi connectivity index (χ1n) is 9.96. The van der Waals surface area contributed by atoms with Crippen LogP contribution < -0.4 is 16.0 Å². The summed E-state index contributed by atoms with van der Waals surface area (Å²) >= 11 is 0. The van der Waals surface area contributed by atoms with Gasteiger partial charge in [0.1, 0.15) is 0 Å². The number of hydrogen-bond donors (Lipinski definition) is 3. The number of ether oxygens (including phenoxy) is 1. The first-order chi connectivity index (χ1) is 13.2. The molecule has 158 valence electrons. The van der Waals surface area contributed by atoms with Gasteiger partial charge in [-0.1, -0.05) is 31.0 Å². The number of carbonyl (C=O) groups is 1. The van der Waals surface area contributed by atoms with Crippen LogP contribution in [0.15, 0.2) is 35.3 Å². The highest BCUT2D eigenvalue weighted by Gasteiger charge is 2.33. The number of carbonyl (C=O) groups excluding carboxylic acids is 1. The Morgan fingerprint density at radius 1 is 1.11 bits per heavy atom.